The molecular weight excluding hydrogens is 466 g/mol. The number of ether oxygens (including phenoxy) is 1. The molecule has 3 heterocycles. The maximum Gasteiger partial charge on any atom is 0.338 e. The monoisotopic (exact) mass is 489 g/mol. The molecule has 0 bridgehead atoms. The summed E-state index contributed by atoms with van der Waals surface area (Å²) in [4.78, 5) is 40.2. The van der Waals surface area contributed by atoms with Crippen LogP contribution >= 0.6 is 11.6 Å². The molecule has 0 spiro atoms. The van der Waals surface area contributed by atoms with Gasteiger partial charge in [-0.25, -0.2) is 9.59 Å². The van der Waals surface area contributed by atoms with Gasteiger partial charge in [-0.15, -0.1) is 0 Å². The number of nitrogens with one attached hydrogen (secondary N) is 2. The Labute approximate surface area is 200 Å². The Morgan fingerprint density at radius 1 is 1.29 bits per heavy atom. The van der Waals surface area contributed by atoms with Crippen LogP contribution in [0.15, 0.2) is 52.3 Å². The molecule has 1 fully saturated rings. The van der Waals surface area contributed by atoms with E-state index in [0.29, 0.717) is 54.9 Å². The molecule has 180 valence electrons. The Balaban J connectivity index is 1.53. The number of nitro groups is 1. The number of rotatable bonds is 7. The SMILES string of the molecule is CCOC(=O)C1=C(CN2CCN(c3ccc(Cl)cc3[N+](=O)[O-])CC2)NC(=O)NC1c1ccco1. The highest BCUT2D eigenvalue weighted by Crippen LogP contribution is 2.32. The van der Waals surface area contributed by atoms with Crippen molar-refractivity contribution in [2.45, 2.75) is 13.0 Å². The number of amides is 2. The van der Waals surface area contributed by atoms with Crippen LogP contribution in [0.25, 0.3) is 0 Å². The summed E-state index contributed by atoms with van der Waals surface area (Å²) < 4.78 is 10.7. The number of carbonyl (C=O) groups is 2. The summed E-state index contributed by atoms with van der Waals surface area (Å²) in [5, 5.41) is 17.2. The van der Waals surface area contributed by atoms with Crippen molar-refractivity contribution in [3.63, 3.8) is 0 Å². The lowest BCUT2D eigenvalue weighted by Crippen LogP contribution is -2.51. The van der Waals surface area contributed by atoms with Gasteiger partial charge in [-0.05, 0) is 31.2 Å². The van der Waals surface area contributed by atoms with Gasteiger partial charge in [0, 0.05) is 49.5 Å². The molecule has 11 nitrogen and oxygen atoms in total. The maximum absolute atomic E-state index is 12.8. The van der Waals surface area contributed by atoms with Crippen LogP contribution in [0.2, 0.25) is 5.02 Å². The van der Waals surface area contributed by atoms with Gasteiger partial charge in [-0.2, -0.15) is 0 Å². The minimum absolute atomic E-state index is 0.0415. The van der Waals surface area contributed by atoms with E-state index in [1.807, 2.05) is 4.90 Å². The first kappa shape index (κ1) is 23.6. The molecule has 1 saturated heterocycles. The maximum atomic E-state index is 12.8. The Hall–Kier alpha value is -3.57. The highest BCUT2D eigenvalue weighted by atomic mass is 35.5. The van der Waals surface area contributed by atoms with Gasteiger partial charge in [0.1, 0.15) is 17.5 Å². The van der Waals surface area contributed by atoms with Crippen LogP contribution in [-0.2, 0) is 9.53 Å². The predicted molar refractivity (Wildman–Crippen MR) is 124 cm³/mol. The van der Waals surface area contributed by atoms with Gasteiger partial charge in [0.05, 0.1) is 23.4 Å². The van der Waals surface area contributed by atoms with E-state index in [-0.39, 0.29) is 17.9 Å². The molecule has 1 unspecified atom stereocenters. The van der Waals surface area contributed by atoms with Gasteiger partial charge in [0.15, 0.2) is 0 Å². The molecule has 2 aromatic rings. The molecule has 2 aliphatic rings. The third-order valence-corrected chi connectivity index (χ3v) is 5.94. The Morgan fingerprint density at radius 3 is 2.71 bits per heavy atom. The molecule has 2 amide bonds. The number of anilines is 1. The number of urea groups is 1. The summed E-state index contributed by atoms with van der Waals surface area (Å²) in [5.41, 5.74) is 1.19. The summed E-state index contributed by atoms with van der Waals surface area (Å²) in [6, 6.07) is 6.78. The Morgan fingerprint density at radius 2 is 2.06 bits per heavy atom. The van der Waals surface area contributed by atoms with Crippen molar-refractivity contribution >= 4 is 35.0 Å². The largest absolute Gasteiger partial charge is 0.467 e. The van der Waals surface area contributed by atoms with Crippen molar-refractivity contribution in [2.24, 2.45) is 0 Å². The summed E-state index contributed by atoms with van der Waals surface area (Å²) in [6.45, 7) is 4.38. The zero-order valence-electron chi connectivity index (χ0n) is 18.5. The molecule has 4 rings (SSSR count). The van der Waals surface area contributed by atoms with E-state index in [0.717, 1.165) is 0 Å². The normalized spacial score (nSPS) is 18.9. The fourth-order valence-electron chi connectivity index (χ4n) is 4.14. The number of halogens is 1. The highest BCUT2D eigenvalue weighted by molar-refractivity contribution is 6.30. The first-order valence-electron chi connectivity index (χ1n) is 10.8. The van der Waals surface area contributed by atoms with E-state index < -0.39 is 23.0 Å². The Kier molecular flexibility index (Phi) is 7.03. The topological polar surface area (TPSA) is 130 Å². The van der Waals surface area contributed by atoms with Crippen molar-refractivity contribution in [2.75, 3.05) is 44.2 Å². The van der Waals surface area contributed by atoms with Crippen molar-refractivity contribution in [1.82, 2.24) is 15.5 Å². The van der Waals surface area contributed by atoms with Crippen molar-refractivity contribution in [3.05, 3.63) is 68.8 Å². The predicted octanol–water partition coefficient (Wildman–Crippen LogP) is 2.83. The fourth-order valence-corrected chi connectivity index (χ4v) is 4.31. The smallest absolute Gasteiger partial charge is 0.338 e. The first-order chi connectivity index (χ1) is 16.4. The molecule has 2 aliphatic heterocycles. The molecule has 0 saturated carbocycles. The minimum Gasteiger partial charge on any atom is -0.467 e. The van der Waals surface area contributed by atoms with Gasteiger partial charge in [0.25, 0.3) is 5.69 Å². The summed E-state index contributed by atoms with van der Waals surface area (Å²) in [5.74, 6) is -0.114. The molecule has 12 heteroatoms. The number of carbonyl (C=O) groups excluding carboxylic acids is 2. The van der Waals surface area contributed by atoms with Crippen LogP contribution in [-0.4, -0.2) is 61.2 Å². The lowest BCUT2D eigenvalue weighted by Gasteiger charge is -2.37. The molecule has 1 aromatic heterocycles. The number of benzene rings is 1. The lowest BCUT2D eigenvalue weighted by molar-refractivity contribution is -0.384. The van der Waals surface area contributed by atoms with Gasteiger partial charge in [-0.1, -0.05) is 11.6 Å². The summed E-state index contributed by atoms with van der Waals surface area (Å²) in [7, 11) is 0. The zero-order chi connectivity index (χ0) is 24.2. The van der Waals surface area contributed by atoms with Crippen LogP contribution in [0.3, 0.4) is 0 Å². The van der Waals surface area contributed by atoms with Crippen LogP contribution in [0.1, 0.15) is 18.7 Å². The molecule has 2 N–H and O–H groups in total. The number of piperazine rings is 1. The number of nitro benzene ring substituents is 1. The van der Waals surface area contributed by atoms with E-state index in [2.05, 4.69) is 15.5 Å². The fraction of sp³-hybridized carbons (Fsp3) is 0.364. The highest BCUT2D eigenvalue weighted by Gasteiger charge is 2.36. The number of hydrogen-bond donors (Lipinski definition) is 2. The van der Waals surface area contributed by atoms with E-state index in [1.54, 1.807) is 31.2 Å². The average molecular weight is 490 g/mol. The number of nitrogens with zero attached hydrogens (tertiary/aromatic N) is 3. The average Bonchev–Trinajstić information content (AvgIpc) is 3.34. The molecule has 1 aromatic carbocycles. The quantitative estimate of drug-likeness (QED) is 0.345. The van der Waals surface area contributed by atoms with Gasteiger partial charge in [0.2, 0.25) is 0 Å². The summed E-state index contributed by atoms with van der Waals surface area (Å²) in [6.07, 6.45) is 1.47. The van der Waals surface area contributed by atoms with E-state index in [1.165, 1.54) is 12.3 Å². The van der Waals surface area contributed by atoms with E-state index in [4.69, 9.17) is 20.8 Å². The van der Waals surface area contributed by atoms with E-state index in [9.17, 15) is 19.7 Å². The molecular formula is C22H24ClN5O6. The van der Waals surface area contributed by atoms with Gasteiger partial charge in [-0.3, -0.25) is 15.0 Å². The third-order valence-electron chi connectivity index (χ3n) is 5.71. The van der Waals surface area contributed by atoms with Crippen LogP contribution in [0, 0.1) is 10.1 Å². The van der Waals surface area contributed by atoms with E-state index >= 15 is 0 Å². The third kappa shape index (κ3) is 5.00. The first-order valence-corrected chi connectivity index (χ1v) is 11.2. The molecule has 0 radical (unpaired) electrons. The van der Waals surface area contributed by atoms with Crippen LogP contribution < -0.4 is 15.5 Å². The number of hydrogen-bond acceptors (Lipinski definition) is 8. The van der Waals surface area contributed by atoms with Crippen LogP contribution in [0.5, 0.6) is 0 Å². The second-order valence-electron chi connectivity index (χ2n) is 7.81. The van der Waals surface area contributed by atoms with Crippen molar-refractivity contribution in [1.29, 1.82) is 0 Å². The number of furan rings is 1. The van der Waals surface area contributed by atoms with Crippen LogP contribution in [0.4, 0.5) is 16.2 Å². The standard InChI is InChI=1S/C22H24ClN5O6/c1-2-33-21(29)19-15(24-22(30)25-20(19)18-4-3-11-34-18)13-26-7-9-27(10-8-26)16-6-5-14(23)12-17(16)28(31)32/h3-6,11-12,20H,2,7-10,13H2,1H3,(H2,24,25,30). The lowest BCUT2D eigenvalue weighted by atomic mass is 9.99. The second-order valence-corrected chi connectivity index (χ2v) is 8.25. The minimum atomic E-state index is -0.768. The molecule has 1 atom stereocenters. The molecule has 34 heavy (non-hydrogen) atoms. The van der Waals surface area contributed by atoms with Gasteiger partial charge < -0.3 is 24.7 Å². The number of esters is 1. The Bertz CT molecular complexity index is 1110. The van der Waals surface area contributed by atoms with Gasteiger partial charge >= 0.3 is 12.0 Å². The summed E-state index contributed by atoms with van der Waals surface area (Å²) >= 11 is 5.93. The second kappa shape index (κ2) is 10.1. The zero-order valence-corrected chi connectivity index (χ0v) is 19.2. The van der Waals surface area contributed by atoms with Crippen molar-refractivity contribution in [3.8, 4) is 0 Å². The van der Waals surface area contributed by atoms with Crippen molar-refractivity contribution < 1.29 is 23.7 Å². The molecule has 0 aliphatic carbocycles.